The smallest absolute Gasteiger partial charge is 0.356 e. The Morgan fingerprint density at radius 1 is 1.39 bits per heavy atom. The zero-order chi connectivity index (χ0) is 13.6. The van der Waals surface area contributed by atoms with Crippen molar-refractivity contribution in [1.82, 2.24) is 4.98 Å². The minimum absolute atomic E-state index is 0.102. The first-order chi connectivity index (χ1) is 8.44. The third-order valence-electron chi connectivity index (χ3n) is 2.14. The second kappa shape index (κ2) is 6.34. The topological polar surface area (TPSA) is 99.4 Å². The molecule has 0 amide bonds. The lowest BCUT2D eigenvalue weighted by Crippen LogP contribution is -2.18. The lowest BCUT2D eigenvalue weighted by Gasteiger charge is -2.05. The molecule has 0 aliphatic rings. The lowest BCUT2D eigenvalue weighted by atomic mass is 10.3. The second-order valence-electron chi connectivity index (χ2n) is 3.76. The van der Waals surface area contributed by atoms with Crippen molar-refractivity contribution < 1.29 is 17.9 Å². The van der Waals surface area contributed by atoms with Gasteiger partial charge in [0, 0.05) is 0 Å². The van der Waals surface area contributed by atoms with E-state index in [1.165, 1.54) is 18.3 Å². The van der Waals surface area contributed by atoms with Crippen LogP contribution in [0.3, 0.4) is 0 Å². The zero-order valence-electron chi connectivity index (χ0n) is 10.1. The fraction of sp³-hybridized carbons (Fsp3) is 0.455. The van der Waals surface area contributed by atoms with Crippen molar-refractivity contribution in [2.24, 2.45) is 0 Å². The van der Waals surface area contributed by atoms with Gasteiger partial charge < -0.3 is 10.5 Å². The first-order valence-electron chi connectivity index (χ1n) is 5.53. The maximum Gasteiger partial charge on any atom is 0.356 e. The van der Waals surface area contributed by atoms with Gasteiger partial charge in [-0.05, 0) is 18.6 Å². The zero-order valence-corrected chi connectivity index (χ0v) is 10.9. The van der Waals surface area contributed by atoms with Crippen LogP contribution in [0.2, 0.25) is 0 Å². The molecule has 0 aliphatic heterocycles. The van der Waals surface area contributed by atoms with Gasteiger partial charge in [-0.2, -0.15) is 0 Å². The maximum absolute atomic E-state index is 11.5. The summed E-state index contributed by atoms with van der Waals surface area (Å²) in [6, 6.07) is 2.95. The highest BCUT2D eigenvalue weighted by Crippen LogP contribution is 2.03. The molecule has 0 atom stereocenters. The number of pyridine rings is 1. The summed E-state index contributed by atoms with van der Waals surface area (Å²) in [5.74, 6) is -0.714. The van der Waals surface area contributed by atoms with Crippen LogP contribution in [-0.2, 0) is 14.6 Å². The third-order valence-corrected chi connectivity index (χ3v) is 3.96. The number of hydrogen-bond acceptors (Lipinski definition) is 6. The normalized spacial score (nSPS) is 11.2. The van der Waals surface area contributed by atoms with Crippen molar-refractivity contribution >= 4 is 21.5 Å². The molecular formula is C11H16N2O4S. The SMILES string of the molecule is CCCS(=O)(=O)CCOC(=O)c1ccc(N)cn1. The minimum atomic E-state index is -3.13. The summed E-state index contributed by atoms with van der Waals surface area (Å²) >= 11 is 0. The van der Waals surface area contributed by atoms with Crippen molar-refractivity contribution in [2.75, 3.05) is 23.8 Å². The van der Waals surface area contributed by atoms with Crippen molar-refractivity contribution in [3.05, 3.63) is 24.0 Å². The van der Waals surface area contributed by atoms with Crippen molar-refractivity contribution in [3.8, 4) is 0 Å². The maximum atomic E-state index is 11.5. The summed E-state index contributed by atoms with van der Waals surface area (Å²) in [5, 5.41) is 0. The second-order valence-corrected chi connectivity index (χ2v) is 6.07. The van der Waals surface area contributed by atoms with Crippen molar-refractivity contribution in [3.63, 3.8) is 0 Å². The summed E-state index contributed by atoms with van der Waals surface area (Å²) in [5.41, 5.74) is 5.97. The van der Waals surface area contributed by atoms with E-state index in [1.807, 2.05) is 0 Å². The molecule has 0 radical (unpaired) electrons. The van der Waals surface area contributed by atoms with Gasteiger partial charge in [-0.25, -0.2) is 18.2 Å². The van der Waals surface area contributed by atoms with Crippen LogP contribution in [0.1, 0.15) is 23.8 Å². The van der Waals surface area contributed by atoms with Gasteiger partial charge in [-0.1, -0.05) is 6.92 Å². The molecule has 100 valence electrons. The molecule has 0 fully saturated rings. The van der Waals surface area contributed by atoms with Crippen LogP contribution in [0.25, 0.3) is 0 Å². The molecule has 0 saturated heterocycles. The number of esters is 1. The molecule has 6 nitrogen and oxygen atoms in total. The first-order valence-corrected chi connectivity index (χ1v) is 7.36. The Kier molecular flexibility index (Phi) is 5.08. The Morgan fingerprint density at radius 2 is 2.11 bits per heavy atom. The Hall–Kier alpha value is -1.63. The van der Waals surface area contributed by atoms with Gasteiger partial charge in [0.1, 0.15) is 12.3 Å². The predicted molar refractivity (Wildman–Crippen MR) is 67.9 cm³/mol. The number of hydrogen-bond donors (Lipinski definition) is 1. The predicted octanol–water partition coefficient (Wildman–Crippen LogP) is 0.645. The van der Waals surface area contributed by atoms with E-state index < -0.39 is 15.8 Å². The average Bonchev–Trinajstić information content (AvgIpc) is 2.29. The molecule has 0 bridgehead atoms. The van der Waals surface area contributed by atoms with Gasteiger partial charge >= 0.3 is 5.97 Å². The number of nitrogens with two attached hydrogens (primary N) is 1. The van der Waals surface area contributed by atoms with Crippen LogP contribution in [0.4, 0.5) is 5.69 Å². The van der Waals surface area contributed by atoms with E-state index in [-0.39, 0.29) is 23.8 Å². The van der Waals surface area contributed by atoms with Gasteiger partial charge in [-0.15, -0.1) is 0 Å². The van der Waals surface area contributed by atoms with Crippen LogP contribution in [0, 0.1) is 0 Å². The number of carbonyl (C=O) groups is 1. The molecule has 0 aliphatic carbocycles. The lowest BCUT2D eigenvalue weighted by molar-refractivity contribution is 0.0522. The Morgan fingerprint density at radius 3 is 2.67 bits per heavy atom. The van der Waals surface area contributed by atoms with Crippen molar-refractivity contribution in [1.29, 1.82) is 0 Å². The Labute approximate surface area is 106 Å². The molecule has 1 heterocycles. The van der Waals surface area contributed by atoms with Crippen LogP contribution in [0.5, 0.6) is 0 Å². The number of aromatic nitrogens is 1. The van der Waals surface area contributed by atoms with E-state index in [0.29, 0.717) is 12.1 Å². The molecule has 2 N–H and O–H groups in total. The van der Waals surface area contributed by atoms with Crippen LogP contribution in [-0.4, -0.2) is 37.5 Å². The summed E-state index contributed by atoms with van der Waals surface area (Å²) < 4.78 is 27.6. The summed E-state index contributed by atoms with van der Waals surface area (Å²) in [4.78, 5) is 15.3. The Bertz CT molecular complexity index is 496. The van der Waals surface area contributed by atoms with Crippen LogP contribution >= 0.6 is 0 Å². The van der Waals surface area contributed by atoms with E-state index in [0.717, 1.165) is 0 Å². The van der Waals surface area contributed by atoms with Gasteiger partial charge in [0.2, 0.25) is 0 Å². The van der Waals surface area contributed by atoms with E-state index in [4.69, 9.17) is 10.5 Å². The number of ether oxygens (including phenoxy) is 1. The molecule has 0 spiro atoms. The first kappa shape index (κ1) is 14.4. The summed E-state index contributed by atoms with van der Waals surface area (Å²) in [7, 11) is -3.13. The monoisotopic (exact) mass is 272 g/mol. The molecular weight excluding hydrogens is 256 g/mol. The molecule has 18 heavy (non-hydrogen) atoms. The van der Waals surface area contributed by atoms with Gasteiger partial charge in [0.05, 0.1) is 23.4 Å². The van der Waals surface area contributed by atoms with Crippen molar-refractivity contribution in [2.45, 2.75) is 13.3 Å². The number of sulfone groups is 1. The number of nitrogen functional groups attached to an aromatic ring is 1. The molecule has 7 heteroatoms. The molecule has 0 aromatic carbocycles. The van der Waals surface area contributed by atoms with E-state index in [2.05, 4.69) is 4.98 Å². The van der Waals surface area contributed by atoms with E-state index in [1.54, 1.807) is 6.92 Å². The number of nitrogens with zero attached hydrogens (tertiary/aromatic N) is 1. The molecule has 1 aromatic heterocycles. The van der Waals surface area contributed by atoms with Crippen LogP contribution in [0.15, 0.2) is 18.3 Å². The quantitative estimate of drug-likeness (QED) is 0.763. The fourth-order valence-corrected chi connectivity index (χ4v) is 2.44. The molecule has 0 unspecified atom stereocenters. The highest BCUT2D eigenvalue weighted by Gasteiger charge is 2.13. The number of carbonyl (C=O) groups excluding carboxylic acids is 1. The average molecular weight is 272 g/mol. The largest absolute Gasteiger partial charge is 0.460 e. The van der Waals surface area contributed by atoms with E-state index in [9.17, 15) is 13.2 Å². The third kappa shape index (κ3) is 4.70. The fourth-order valence-electron chi connectivity index (χ4n) is 1.27. The van der Waals surface area contributed by atoms with Gasteiger partial charge in [-0.3, -0.25) is 0 Å². The Balaban J connectivity index is 2.45. The minimum Gasteiger partial charge on any atom is -0.460 e. The highest BCUT2D eigenvalue weighted by molar-refractivity contribution is 7.91. The van der Waals surface area contributed by atoms with Gasteiger partial charge in [0.15, 0.2) is 9.84 Å². The van der Waals surface area contributed by atoms with E-state index >= 15 is 0 Å². The summed E-state index contributed by atoms with van der Waals surface area (Å²) in [6.45, 7) is 1.62. The molecule has 0 saturated carbocycles. The standard InChI is InChI=1S/C11H16N2O4S/c1-2-6-18(15,16)7-5-17-11(14)10-4-3-9(12)8-13-10/h3-4,8H,2,5-7,12H2,1H3. The molecule has 1 aromatic rings. The number of anilines is 1. The molecule has 1 rings (SSSR count). The number of rotatable bonds is 6. The van der Waals surface area contributed by atoms with Gasteiger partial charge in [0.25, 0.3) is 0 Å². The highest BCUT2D eigenvalue weighted by atomic mass is 32.2. The van der Waals surface area contributed by atoms with Crippen LogP contribution < -0.4 is 5.73 Å². The summed E-state index contributed by atoms with van der Waals surface area (Å²) in [6.07, 6.45) is 1.89.